The van der Waals surface area contributed by atoms with Crippen LogP contribution in [0.5, 0.6) is 5.75 Å². The van der Waals surface area contributed by atoms with E-state index >= 15 is 0 Å². The van der Waals surface area contributed by atoms with Gasteiger partial charge in [-0.2, -0.15) is 4.39 Å². The molecule has 0 fully saturated rings. The van der Waals surface area contributed by atoms with Crippen LogP contribution < -0.4 is 4.74 Å². The lowest BCUT2D eigenvalue weighted by Crippen LogP contribution is -2.49. The van der Waals surface area contributed by atoms with E-state index < -0.39 is 73.5 Å². The summed E-state index contributed by atoms with van der Waals surface area (Å²) in [6, 6.07) is -0.283. The molecular weight excluding hydrogens is 469 g/mol. The SMILES string of the molecule is CC(=O)O[Si](CCCCN(F)C(=O)Oc1cc(F)c(F)c(F)c1F)(OC(C)=O)OC(C)=O. The summed E-state index contributed by atoms with van der Waals surface area (Å²) in [6.45, 7) is 2.23. The topological polar surface area (TPSA) is 108 Å². The smallest absolute Gasteiger partial charge is 0.455 e. The number of rotatable bonds is 9. The van der Waals surface area contributed by atoms with Gasteiger partial charge in [0.1, 0.15) is 0 Å². The molecule has 1 aromatic carbocycles. The Morgan fingerprint density at radius 3 is 1.81 bits per heavy atom. The minimum atomic E-state index is -4.14. The molecule has 0 saturated heterocycles. The predicted molar refractivity (Wildman–Crippen MR) is 95.2 cm³/mol. The molecule has 0 atom stereocenters. The molecule has 15 heteroatoms. The summed E-state index contributed by atoms with van der Waals surface area (Å²) in [5.74, 6) is -12.4. The number of unbranched alkanes of at least 4 members (excludes halogenated alkanes) is 1. The molecule has 0 radical (unpaired) electrons. The van der Waals surface area contributed by atoms with Crippen molar-refractivity contribution < 1.29 is 59.2 Å². The van der Waals surface area contributed by atoms with Gasteiger partial charge < -0.3 is 18.0 Å². The van der Waals surface area contributed by atoms with Crippen LogP contribution in [0.1, 0.15) is 33.6 Å². The summed E-state index contributed by atoms with van der Waals surface area (Å²) in [5.41, 5.74) is 0. The van der Waals surface area contributed by atoms with Crippen LogP contribution >= 0.6 is 0 Å². The van der Waals surface area contributed by atoms with Gasteiger partial charge in [-0.25, -0.2) is 18.0 Å². The molecule has 0 heterocycles. The highest BCUT2D eigenvalue weighted by atomic mass is 28.4. The van der Waals surface area contributed by atoms with Crippen molar-refractivity contribution in [3.8, 4) is 5.75 Å². The third-order valence-corrected chi connectivity index (χ3v) is 6.21. The fourth-order valence-corrected chi connectivity index (χ4v) is 4.75. The zero-order valence-corrected chi connectivity index (χ0v) is 18.0. The summed E-state index contributed by atoms with van der Waals surface area (Å²) < 4.78 is 85.4. The van der Waals surface area contributed by atoms with E-state index in [0.717, 1.165) is 20.8 Å². The first kappa shape index (κ1) is 26.8. The van der Waals surface area contributed by atoms with Gasteiger partial charge in [0.05, 0.1) is 12.6 Å². The lowest BCUT2D eigenvalue weighted by Gasteiger charge is -2.26. The highest BCUT2D eigenvalue weighted by Crippen LogP contribution is 2.25. The highest BCUT2D eigenvalue weighted by Gasteiger charge is 2.51. The average molecular weight is 487 g/mol. The van der Waals surface area contributed by atoms with E-state index in [1.54, 1.807) is 0 Å². The van der Waals surface area contributed by atoms with E-state index in [2.05, 4.69) is 4.74 Å². The second-order valence-electron chi connectivity index (χ2n) is 6.17. The van der Waals surface area contributed by atoms with E-state index in [-0.39, 0.29) is 25.0 Å². The van der Waals surface area contributed by atoms with E-state index in [4.69, 9.17) is 13.3 Å². The number of carbonyl (C=O) groups excluding carboxylic acids is 4. The lowest BCUT2D eigenvalue weighted by molar-refractivity contribution is -0.147. The molecule has 0 aliphatic heterocycles. The second kappa shape index (κ2) is 11.4. The zero-order chi connectivity index (χ0) is 24.6. The number of nitrogens with zero attached hydrogens (tertiary/aromatic N) is 1. The Bertz CT molecular complexity index is 859. The second-order valence-corrected chi connectivity index (χ2v) is 8.65. The molecule has 1 aromatic rings. The first-order valence-electron chi connectivity index (χ1n) is 8.85. The fourth-order valence-electron chi connectivity index (χ4n) is 2.33. The van der Waals surface area contributed by atoms with E-state index in [9.17, 15) is 41.2 Å². The van der Waals surface area contributed by atoms with Gasteiger partial charge in [0.25, 0.3) is 17.9 Å². The number of ether oxygens (including phenoxy) is 1. The number of carbonyl (C=O) groups is 4. The van der Waals surface area contributed by atoms with Crippen molar-refractivity contribution in [3.05, 3.63) is 29.3 Å². The third kappa shape index (κ3) is 7.79. The minimum Gasteiger partial charge on any atom is -0.455 e. The predicted octanol–water partition coefficient (Wildman–Crippen LogP) is 3.34. The van der Waals surface area contributed by atoms with Gasteiger partial charge in [0.15, 0.2) is 17.4 Å². The molecule has 1 rings (SSSR count). The van der Waals surface area contributed by atoms with E-state index in [1.807, 2.05) is 0 Å². The van der Waals surface area contributed by atoms with Crippen LogP contribution in [0.2, 0.25) is 6.04 Å². The van der Waals surface area contributed by atoms with Crippen LogP contribution in [0.3, 0.4) is 0 Å². The van der Waals surface area contributed by atoms with Crippen molar-refractivity contribution in [2.24, 2.45) is 0 Å². The lowest BCUT2D eigenvalue weighted by atomic mass is 10.3. The Kier molecular flexibility index (Phi) is 9.55. The Hall–Kier alpha value is -3.23. The summed E-state index contributed by atoms with van der Waals surface area (Å²) in [5, 5.41) is -0.578. The number of amides is 1. The van der Waals surface area contributed by atoms with Crippen LogP contribution in [0, 0.1) is 23.3 Å². The van der Waals surface area contributed by atoms with Crippen molar-refractivity contribution in [2.75, 3.05) is 6.54 Å². The number of hydrogen-bond acceptors (Lipinski definition) is 8. The van der Waals surface area contributed by atoms with Gasteiger partial charge in [-0.1, -0.05) is 4.48 Å². The van der Waals surface area contributed by atoms with Crippen LogP contribution in [0.4, 0.5) is 26.8 Å². The third-order valence-electron chi connectivity index (χ3n) is 3.45. The maximum atomic E-state index is 13.9. The molecule has 0 aliphatic rings. The van der Waals surface area contributed by atoms with Gasteiger partial charge in [0.2, 0.25) is 11.6 Å². The van der Waals surface area contributed by atoms with Crippen molar-refractivity contribution in [1.29, 1.82) is 0 Å². The molecular formula is C17H18F5NO8Si. The molecule has 0 bridgehead atoms. The molecule has 0 aromatic heterocycles. The van der Waals surface area contributed by atoms with Crippen LogP contribution in [0.25, 0.3) is 0 Å². The largest absolute Gasteiger partial charge is 0.705 e. The van der Waals surface area contributed by atoms with Crippen molar-refractivity contribution in [3.63, 3.8) is 0 Å². The van der Waals surface area contributed by atoms with Gasteiger partial charge >= 0.3 is 14.9 Å². The Morgan fingerprint density at radius 2 is 1.34 bits per heavy atom. The summed E-state index contributed by atoms with van der Waals surface area (Å²) in [7, 11) is -4.14. The Balaban J connectivity index is 2.74. The average Bonchev–Trinajstić information content (AvgIpc) is 2.65. The van der Waals surface area contributed by atoms with Gasteiger partial charge in [-0.3, -0.25) is 14.4 Å². The highest BCUT2D eigenvalue weighted by molar-refractivity contribution is 6.65. The monoisotopic (exact) mass is 487 g/mol. The normalized spacial score (nSPS) is 10.9. The molecule has 0 aliphatic carbocycles. The van der Waals surface area contributed by atoms with E-state index in [0.29, 0.717) is 0 Å². The molecule has 0 spiro atoms. The maximum absolute atomic E-state index is 13.9. The first-order chi connectivity index (χ1) is 14.8. The zero-order valence-electron chi connectivity index (χ0n) is 17.0. The molecule has 178 valence electrons. The number of halogens is 5. The Morgan fingerprint density at radius 1 is 0.844 bits per heavy atom. The van der Waals surface area contributed by atoms with E-state index in [1.165, 1.54) is 0 Å². The van der Waals surface area contributed by atoms with Crippen molar-refractivity contribution in [1.82, 2.24) is 5.12 Å². The minimum absolute atomic E-state index is 0.0245. The van der Waals surface area contributed by atoms with Gasteiger partial charge in [0, 0.05) is 26.8 Å². The van der Waals surface area contributed by atoms with Crippen LogP contribution in [-0.4, -0.2) is 44.5 Å². The number of hydrogen-bond donors (Lipinski definition) is 0. The van der Waals surface area contributed by atoms with Crippen LogP contribution in [-0.2, 0) is 27.7 Å². The molecule has 0 saturated carbocycles. The van der Waals surface area contributed by atoms with Crippen molar-refractivity contribution in [2.45, 2.75) is 39.7 Å². The standard InChI is InChI=1S/C17H18F5NO8Si/c1-9(24)29-32(30-10(2)25,31-11(3)26)7-5-4-6-23(22)17(27)28-13-8-12(18)14(19)16(21)15(13)20/h8H,4-7H2,1-3H3. The first-order valence-corrected chi connectivity index (χ1v) is 10.8. The molecule has 0 unspecified atom stereocenters. The van der Waals surface area contributed by atoms with Crippen molar-refractivity contribution >= 4 is 32.8 Å². The quantitative estimate of drug-likeness (QED) is 0.130. The van der Waals surface area contributed by atoms with Crippen LogP contribution in [0.15, 0.2) is 6.07 Å². The fraction of sp³-hybridized carbons (Fsp3) is 0.412. The summed E-state index contributed by atoms with van der Waals surface area (Å²) in [4.78, 5) is 45.6. The van der Waals surface area contributed by atoms with Gasteiger partial charge in [-0.05, 0) is 12.8 Å². The molecule has 32 heavy (non-hydrogen) atoms. The molecule has 0 N–H and O–H groups in total. The molecule has 9 nitrogen and oxygen atoms in total. The molecule has 1 amide bonds. The summed E-state index contributed by atoms with van der Waals surface area (Å²) >= 11 is 0. The summed E-state index contributed by atoms with van der Waals surface area (Å²) in [6.07, 6.45) is -2.15. The maximum Gasteiger partial charge on any atom is 0.705 e. The Labute approximate surface area is 179 Å². The number of benzene rings is 1. The van der Waals surface area contributed by atoms with Gasteiger partial charge in [-0.15, -0.1) is 5.12 Å².